The van der Waals surface area contributed by atoms with E-state index in [2.05, 4.69) is 10.3 Å². The van der Waals surface area contributed by atoms with Crippen LogP contribution in [0.15, 0.2) is 6.07 Å². The highest BCUT2D eigenvalue weighted by Gasteiger charge is 2.23. The summed E-state index contributed by atoms with van der Waals surface area (Å²) in [5.74, 6) is 0.303. The molecule has 0 saturated carbocycles. The molecule has 1 atom stereocenters. The molecule has 8 heteroatoms. The van der Waals surface area contributed by atoms with Crippen molar-refractivity contribution in [3.05, 3.63) is 16.5 Å². The zero-order chi connectivity index (χ0) is 16.6. The summed E-state index contributed by atoms with van der Waals surface area (Å²) in [7, 11) is 1.44. The fourth-order valence-electron chi connectivity index (χ4n) is 2.58. The number of nitrogens with one attached hydrogen (secondary N) is 1. The highest BCUT2D eigenvalue weighted by Crippen LogP contribution is 2.38. The minimum Gasteiger partial charge on any atom is -0.488 e. The fourth-order valence-corrected chi connectivity index (χ4v) is 3.57. The van der Waals surface area contributed by atoms with Crippen LogP contribution in [0.3, 0.4) is 0 Å². The average Bonchev–Trinajstić information content (AvgIpc) is 3.06. The van der Waals surface area contributed by atoms with Crippen molar-refractivity contribution >= 4 is 33.4 Å². The van der Waals surface area contributed by atoms with Gasteiger partial charge in [0.2, 0.25) is 11.8 Å². The van der Waals surface area contributed by atoms with Crippen LogP contribution in [0.5, 0.6) is 11.6 Å². The maximum Gasteiger partial charge on any atom is 0.254 e. The molecule has 3 rings (SSSR count). The maximum absolute atomic E-state index is 11.5. The third-order valence-corrected chi connectivity index (χ3v) is 4.75. The molecule has 1 aliphatic heterocycles. The van der Waals surface area contributed by atoms with Crippen LogP contribution in [0.4, 0.5) is 0 Å². The molecule has 2 aromatic rings. The lowest BCUT2D eigenvalue weighted by Gasteiger charge is -2.12. The van der Waals surface area contributed by atoms with Crippen molar-refractivity contribution in [2.75, 3.05) is 13.7 Å². The number of pyridine rings is 1. The largest absolute Gasteiger partial charge is 0.488 e. The average molecular weight is 335 g/mol. The van der Waals surface area contributed by atoms with Gasteiger partial charge in [0.05, 0.1) is 17.9 Å². The minimum atomic E-state index is -0.585. The lowest BCUT2D eigenvalue weighted by molar-refractivity contribution is -0.119. The zero-order valence-corrected chi connectivity index (χ0v) is 13.7. The Bertz CT molecular complexity index is 787. The van der Waals surface area contributed by atoms with Crippen molar-refractivity contribution in [2.45, 2.75) is 25.8 Å². The number of thiophene rings is 1. The van der Waals surface area contributed by atoms with E-state index < -0.39 is 5.91 Å². The predicted octanol–water partition coefficient (Wildman–Crippen LogP) is 1.37. The van der Waals surface area contributed by atoms with Crippen molar-refractivity contribution in [2.24, 2.45) is 5.73 Å². The first kappa shape index (κ1) is 15.5. The number of aromatic nitrogens is 1. The Hall–Kier alpha value is -2.35. The molecule has 0 aliphatic carbocycles. The third kappa shape index (κ3) is 2.94. The first-order valence-corrected chi connectivity index (χ1v) is 8.01. The van der Waals surface area contributed by atoms with Gasteiger partial charge < -0.3 is 20.5 Å². The highest BCUT2D eigenvalue weighted by molar-refractivity contribution is 7.19. The molecule has 0 spiro atoms. The second kappa shape index (κ2) is 6.04. The lowest BCUT2D eigenvalue weighted by Crippen LogP contribution is -2.30. The van der Waals surface area contributed by atoms with Crippen LogP contribution in [0.1, 0.15) is 28.1 Å². The van der Waals surface area contributed by atoms with Gasteiger partial charge in [-0.2, -0.15) is 0 Å². The van der Waals surface area contributed by atoms with Gasteiger partial charge >= 0.3 is 0 Å². The van der Waals surface area contributed by atoms with Crippen LogP contribution in [-0.4, -0.2) is 36.6 Å². The monoisotopic (exact) mass is 335 g/mol. The zero-order valence-electron chi connectivity index (χ0n) is 12.8. The number of fused-ring (bicyclic) bond motifs is 1. The lowest BCUT2D eigenvalue weighted by atomic mass is 10.2. The van der Waals surface area contributed by atoms with E-state index in [4.69, 9.17) is 15.2 Å². The number of nitrogens with two attached hydrogens (primary N) is 1. The molecule has 0 unspecified atom stereocenters. The summed E-state index contributed by atoms with van der Waals surface area (Å²) >= 11 is 1.47. The molecule has 1 saturated heterocycles. The van der Waals surface area contributed by atoms with Gasteiger partial charge in [0.15, 0.2) is 5.75 Å². The van der Waals surface area contributed by atoms with E-state index in [0.29, 0.717) is 24.3 Å². The Labute approximate surface area is 136 Å². The molecule has 0 bridgehead atoms. The van der Waals surface area contributed by atoms with Crippen LogP contribution in [-0.2, 0) is 4.79 Å². The number of amides is 2. The number of carbonyl (C=O) groups excluding carboxylic acids is 2. The minimum absolute atomic E-state index is 0.0173. The fraction of sp³-hybridized carbons (Fsp3) is 0.400. The van der Waals surface area contributed by atoms with Crippen molar-refractivity contribution in [3.63, 3.8) is 0 Å². The smallest absolute Gasteiger partial charge is 0.254 e. The molecule has 1 fully saturated rings. The molecule has 3 heterocycles. The van der Waals surface area contributed by atoms with Gasteiger partial charge in [-0.15, -0.1) is 11.3 Å². The molecule has 0 radical (unpaired) electrons. The van der Waals surface area contributed by atoms with Gasteiger partial charge in [-0.1, -0.05) is 0 Å². The van der Waals surface area contributed by atoms with E-state index in [1.165, 1.54) is 18.4 Å². The van der Waals surface area contributed by atoms with Crippen LogP contribution in [0.25, 0.3) is 10.2 Å². The summed E-state index contributed by atoms with van der Waals surface area (Å²) in [6.07, 6.45) is 1.30. The molecule has 2 amide bonds. The molecule has 7 nitrogen and oxygen atoms in total. The second-order valence-electron chi connectivity index (χ2n) is 5.36. The summed E-state index contributed by atoms with van der Waals surface area (Å²) in [6.45, 7) is 2.31. The van der Waals surface area contributed by atoms with E-state index in [0.717, 1.165) is 16.0 Å². The molecule has 1 aliphatic rings. The summed E-state index contributed by atoms with van der Waals surface area (Å²) in [4.78, 5) is 28.0. The number of rotatable bonds is 5. The van der Waals surface area contributed by atoms with Gasteiger partial charge in [0, 0.05) is 11.3 Å². The molecular formula is C15H17N3O4S. The SMILES string of the molecule is COc1nc2c(OC[C@@H]3CCC(=O)N3)c(C)sc2cc1C(N)=O. The number of ether oxygens (including phenoxy) is 2. The van der Waals surface area contributed by atoms with Crippen molar-refractivity contribution in [3.8, 4) is 11.6 Å². The summed E-state index contributed by atoms with van der Waals surface area (Å²) in [6, 6.07) is 1.69. The number of primary amides is 1. The van der Waals surface area contributed by atoms with Crippen LogP contribution in [0, 0.1) is 6.92 Å². The Morgan fingerprint density at radius 2 is 2.35 bits per heavy atom. The van der Waals surface area contributed by atoms with Crippen molar-refractivity contribution in [1.29, 1.82) is 0 Å². The second-order valence-corrected chi connectivity index (χ2v) is 6.61. The molecule has 23 heavy (non-hydrogen) atoms. The quantitative estimate of drug-likeness (QED) is 0.859. The van der Waals surface area contributed by atoms with Crippen LogP contribution >= 0.6 is 11.3 Å². The number of hydrogen-bond acceptors (Lipinski definition) is 6. The van der Waals surface area contributed by atoms with Gasteiger partial charge in [0.25, 0.3) is 5.91 Å². The van der Waals surface area contributed by atoms with Crippen molar-refractivity contribution in [1.82, 2.24) is 10.3 Å². The number of nitrogens with zero attached hydrogens (tertiary/aromatic N) is 1. The Kier molecular flexibility index (Phi) is 4.08. The number of aryl methyl sites for hydroxylation is 1. The number of carbonyl (C=O) groups is 2. The number of methoxy groups -OCH3 is 1. The molecular weight excluding hydrogens is 318 g/mol. The Balaban J connectivity index is 1.92. The molecule has 3 N–H and O–H groups in total. The predicted molar refractivity (Wildman–Crippen MR) is 86.1 cm³/mol. The normalized spacial score (nSPS) is 17.3. The first-order valence-electron chi connectivity index (χ1n) is 7.19. The van der Waals surface area contributed by atoms with E-state index in [-0.39, 0.29) is 23.4 Å². The Morgan fingerprint density at radius 3 is 2.96 bits per heavy atom. The van der Waals surface area contributed by atoms with Gasteiger partial charge in [-0.05, 0) is 19.4 Å². The van der Waals surface area contributed by atoms with Gasteiger partial charge in [-0.25, -0.2) is 4.98 Å². The first-order chi connectivity index (χ1) is 11.0. The summed E-state index contributed by atoms with van der Waals surface area (Å²) < 4.78 is 11.8. The summed E-state index contributed by atoms with van der Waals surface area (Å²) in [5, 5.41) is 2.86. The van der Waals surface area contributed by atoms with Crippen LogP contribution in [0.2, 0.25) is 0 Å². The van der Waals surface area contributed by atoms with Crippen molar-refractivity contribution < 1.29 is 19.1 Å². The van der Waals surface area contributed by atoms with Gasteiger partial charge in [0.1, 0.15) is 17.7 Å². The summed E-state index contributed by atoms with van der Waals surface area (Å²) in [5.41, 5.74) is 6.24. The molecule has 122 valence electrons. The standard InChI is InChI=1S/C15H17N3O4S/c1-7-13(22-6-8-3-4-11(19)17-8)12-10(23-7)5-9(14(16)20)15(18-12)21-2/h5,8H,3-4,6H2,1-2H3,(H2,16,20)(H,17,19)/t8-/m0/s1. The van der Waals surface area contributed by atoms with E-state index in [9.17, 15) is 9.59 Å². The van der Waals surface area contributed by atoms with Crippen LogP contribution < -0.4 is 20.5 Å². The Morgan fingerprint density at radius 1 is 1.57 bits per heavy atom. The maximum atomic E-state index is 11.5. The number of hydrogen-bond donors (Lipinski definition) is 2. The highest BCUT2D eigenvalue weighted by atomic mass is 32.1. The topological polar surface area (TPSA) is 104 Å². The molecule has 2 aromatic heterocycles. The van der Waals surface area contributed by atoms with E-state index in [1.54, 1.807) is 6.07 Å². The van der Waals surface area contributed by atoms with E-state index in [1.807, 2.05) is 6.92 Å². The third-order valence-electron chi connectivity index (χ3n) is 3.72. The molecule has 0 aromatic carbocycles. The van der Waals surface area contributed by atoms with Gasteiger partial charge in [-0.3, -0.25) is 9.59 Å². The van der Waals surface area contributed by atoms with E-state index >= 15 is 0 Å².